The normalized spacial score (nSPS) is 9.55. The molecule has 0 aliphatic carbocycles. The lowest BCUT2D eigenvalue weighted by Gasteiger charge is -2.08. The second-order valence-corrected chi connectivity index (χ2v) is 4.06. The fourth-order valence-corrected chi connectivity index (χ4v) is 1.26. The van der Waals surface area contributed by atoms with Crippen LogP contribution in [0.4, 0.5) is 5.69 Å². The van der Waals surface area contributed by atoms with Gasteiger partial charge in [-0.3, -0.25) is 4.79 Å². The maximum absolute atomic E-state index is 11.4. The van der Waals surface area contributed by atoms with Gasteiger partial charge < -0.3 is 15.0 Å². The highest BCUT2D eigenvalue weighted by molar-refractivity contribution is 6.03. The molecule has 0 spiro atoms. The topological polar surface area (TPSA) is 53.9 Å². The van der Waals surface area contributed by atoms with Gasteiger partial charge >= 0.3 is 0 Å². The summed E-state index contributed by atoms with van der Waals surface area (Å²) in [4.78, 5) is 17.1. The maximum Gasteiger partial charge on any atom is 0.300 e. The second kappa shape index (κ2) is 7.64. The Labute approximate surface area is 119 Å². The average Bonchev–Trinajstić information content (AvgIpc) is 2.37. The number of benzene rings is 1. The van der Waals surface area contributed by atoms with Crippen LogP contribution in [0.1, 0.15) is 6.92 Å². The van der Waals surface area contributed by atoms with Crippen LogP contribution in [0.5, 0.6) is 5.75 Å². The van der Waals surface area contributed by atoms with Crippen LogP contribution in [0.3, 0.4) is 0 Å². The van der Waals surface area contributed by atoms with Crippen LogP contribution in [-0.4, -0.2) is 31.2 Å². The quantitative estimate of drug-likeness (QED) is 0.386. The Hall–Kier alpha value is -2.74. The second-order valence-electron chi connectivity index (χ2n) is 4.06. The van der Waals surface area contributed by atoms with Crippen molar-refractivity contribution in [3.8, 4) is 17.6 Å². The first-order chi connectivity index (χ1) is 9.51. The molecule has 0 heterocycles. The Kier molecular flexibility index (Phi) is 5.85. The van der Waals surface area contributed by atoms with Crippen LogP contribution in [0, 0.1) is 11.8 Å². The summed E-state index contributed by atoms with van der Waals surface area (Å²) in [5, 5.41) is 2.64. The van der Waals surface area contributed by atoms with Crippen molar-refractivity contribution >= 4 is 17.9 Å². The summed E-state index contributed by atoms with van der Waals surface area (Å²) < 4.78 is 5.44. The number of nitrogens with one attached hydrogen (secondary N) is 1. The van der Waals surface area contributed by atoms with E-state index in [-0.39, 0.29) is 11.8 Å². The smallest absolute Gasteiger partial charge is 0.300 e. The number of nitrogens with zero attached hydrogens (tertiary/aromatic N) is 2. The van der Waals surface area contributed by atoms with Crippen molar-refractivity contribution in [3.05, 3.63) is 36.7 Å². The molecule has 0 unspecified atom stereocenters. The Bertz CT molecular complexity index is 580. The predicted molar refractivity (Wildman–Crippen MR) is 80.5 cm³/mol. The summed E-state index contributed by atoms with van der Waals surface area (Å²) >= 11 is 0. The third-order valence-corrected chi connectivity index (χ3v) is 2.00. The predicted octanol–water partition coefficient (Wildman–Crippen LogP) is 2.09. The lowest BCUT2D eigenvalue weighted by atomic mass is 10.3. The molecule has 1 rings (SSSR count). The summed E-state index contributed by atoms with van der Waals surface area (Å²) in [7, 11) is 3.70. The third kappa shape index (κ3) is 5.74. The van der Waals surface area contributed by atoms with Crippen LogP contribution >= 0.6 is 0 Å². The minimum atomic E-state index is -0.367. The molecule has 0 atom stereocenters. The van der Waals surface area contributed by atoms with Crippen molar-refractivity contribution in [2.24, 2.45) is 4.99 Å². The minimum absolute atomic E-state index is 0.260. The highest BCUT2D eigenvalue weighted by Crippen LogP contribution is 2.19. The molecule has 104 valence electrons. The van der Waals surface area contributed by atoms with Crippen molar-refractivity contribution in [2.45, 2.75) is 6.92 Å². The highest BCUT2D eigenvalue weighted by Gasteiger charge is 2.01. The molecule has 5 nitrogen and oxygen atoms in total. The molecule has 0 bridgehead atoms. The van der Waals surface area contributed by atoms with E-state index in [0.29, 0.717) is 11.4 Å². The zero-order valence-electron chi connectivity index (χ0n) is 11.8. The van der Waals surface area contributed by atoms with Crippen molar-refractivity contribution in [3.63, 3.8) is 0 Å². The number of ether oxygens (including phenoxy) is 1. The Morgan fingerprint density at radius 3 is 2.90 bits per heavy atom. The van der Waals surface area contributed by atoms with Gasteiger partial charge in [-0.25, -0.2) is 4.99 Å². The third-order valence-electron chi connectivity index (χ3n) is 2.00. The molecular formula is C15H17N3O2. The van der Waals surface area contributed by atoms with Crippen molar-refractivity contribution < 1.29 is 9.53 Å². The largest absolute Gasteiger partial charge is 0.440 e. The molecule has 0 radical (unpaired) electrons. The lowest BCUT2D eigenvalue weighted by Crippen LogP contribution is -2.09. The zero-order valence-corrected chi connectivity index (χ0v) is 11.8. The van der Waals surface area contributed by atoms with E-state index >= 15 is 0 Å². The van der Waals surface area contributed by atoms with Gasteiger partial charge in [0.05, 0.1) is 6.34 Å². The summed E-state index contributed by atoms with van der Waals surface area (Å²) in [6, 6.07) is 6.92. The van der Waals surface area contributed by atoms with Crippen molar-refractivity contribution in [1.82, 2.24) is 4.90 Å². The highest BCUT2D eigenvalue weighted by atomic mass is 16.5. The molecule has 0 saturated carbocycles. The molecule has 1 N–H and O–H groups in total. The molecule has 0 fully saturated rings. The first-order valence-electron chi connectivity index (χ1n) is 5.92. The molecule has 0 saturated heterocycles. The molecule has 0 aliphatic heterocycles. The van der Waals surface area contributed by atoms with Crippen molar-refractivity contribution in [2.75, 3.05) is 19.4 Å². The monoisotopic (exact) mass is 271 g/mol. The van der Waals surface area contributed by atoms with Gasteiger partial charge in [-0.05, 0) is 31.6 Å². The number of rotatable bonds is 5. The van der Waals surface area contributed by atoms with Crippen LogP contribution in [-0.2, 0) is 4.79 Å². The molecule has 0 aliphatic rings. The van der Waals surface area contributed by atoms with Gasteiger partial charge in [-0.15, -0.1) is 0 Å². The number of carbonyl (C=O) groups is 1. The van der Waals surface area contributed by atoms with E-state index in [1.807, 2.05) is 14.1 Å². The van der Waals surface area contributed by atoms with Gasteiger partial charge in [0.25, 0.3) is 5.91 Å². The number of anilines is 1. The van der Waals surface area contributed by atoms with Crippen LogP contribution < -0.4 is 10.1 Å². The van der Waals surface area contributed by atoms with Crippen LogP contribution in [0.25, 0.3) is 0 Å². The summed E-state index contributed by atoms with van der Waals surface area (Å²) in [5.41, 5.74) is 0.597. The molecule has 20 heavy (non-hydrogen) atoms. The van der Waals surface area contributed by atoms with E-state index in [2.05, 4.69) is 28.7 Å². The van der Waals surface area contributed by atoms with E-state index < -0.39 is 0 Å². The number of aliphatic imine (C=N–C) groups is 1. The minimum Gasteiger partial charge on any atom is -0.440 e. The summed E-state index contributed by atoms with van der Waals surface area (Å²) in [6.45, 7) is 5.29. The average molecular weight is 271 g/mol. The molecule has 1 aromatic carbocycles. The number of hydrogen-bond donors (Lipinski definition) is 1. The van der Waals surface area contributed by atoms with Gasteiger partial charge in [-0.2, -0.15) is 0 Å². The van der Waals surface area contributed by atoms with E-state index in [1.54, 1.807) is 42.4 Å². The standard InChI is InChI=1S/C15H17N3O2/c1-5-7-15(19)17-13-8-6-9-14(10-13)20-12(2)16-11-18(3)4/h6,8-11H,2H2,1,3-4H3,(H,17,19). The molecular weight excluding hydrogens is 254 g/mol. The van der Waals surface area contributed by atoms with Crippen molar-refractivity contribution in [1.29, 1.82) is 0 Å². The number of carbonyl (C=O) groups excluding carboxylic acids is 1. The maximum atomic E-state index is 11.4. The number of hydrogen-bond acceptors (Lipinski definition) is 3. The Balaban J connectivity index is 2.70. The van der Waals surface area contributed by atoms with Crippen LogP contribution in [0.15, 0.2) is 41.7 Å². The van der Waals surface area contributed by atoms with E-state index in [9.17, 15) is 4.79 Å². The van der Waals surface area contributed by atoms with Gasteiger partial charge in [0.15, 0.2) is 0 Å². The van der Waals surface area contributed by atoms with Gasteiger partial charge in [0.2, 0.25) is 5.88 Å². The van der Waals surface area contributed by atoms with E-state index in [4.69, 9.17) is 4.74 Å². The fraction of sp³-hybridized carbons (Fsp3) is 0.200. The fourth-order valence-electron chi connectivity index (χ4n) is 1.26. The first-order valence-corrected chi connectivity index (χ1v) is 5.92. The molecule has 1 aromatic rings. The van der Waals surface area contributed by atoms with Gasteiger partial charge in [-0.1, -0.05) is 12.0 Å². The zero-order chi connectivity index (χ0) is 15.0. The summed E-state index contributed by atoms with van der Waals surface area (Å²) in [6.07, 6.45) is 1.59. The van der Waals surface area contributed by atoms with Gasteiger partial charge in [0.1, 0.15) is 5.75 Å². The molecule has 0 aromatic heterocycles. The lowest BCUT2D eigenvalue weighted by molar-refractivity contribution is -0.111. The van der Waals surface area contributed by atoms with E-state index in [0.717, 1.165) is 0 Å². The Morgan fingerprint density at radius 2 is 2.25 bits per heavy atom. The van der Waals surface area contributed by atoms with Gasteiger partial charge in [0, 0.05) is 25.8 Å². The van der Waals surface area contributed by atoms with E-state index in [1.165, 1.54) is 0 Å². The SMILES string of the molecule is C=C(N=CN(C)C)Oc1cccc(NC(=O)C#CC)c1. The number of amides is 1. The Morgan fingerprint density at radius 1 is 1.50 bits per heavy atom. The molecule has 5 heteroatoms. The first kappa shape index (κ1) is 15.3. The summed E-state index contributed by atoms with van der Waals surface area (Å²) in [5.74, 6) is 5.36. The molecule has 1 amide bonds. The van der Waals surface area contributed by atoms with Crippen LogP contribution in [0.2, 0.25) is 0 Å².